The minimum absolute atomic E-state index is 0.582. The first-order valence-electron chi connectivity index (χ1n) is 5.64. The molecule has 0 amide bonds. The van der Waals surface area contributed by atoms with Crippen LogP contribution in [0.3, 0.4) is 0 Å². The second-order valence-electron chi connectivity index (χ2n) is 3.95. The van der Waals surface area contributed by atoms with Crippen molar-refractivity contribution in [3.8, 4) is 21.8 Å². The number of nitrogens with zero attached hydrogens (tertiary/aromatic N) is 1. The van der Waals surface area contributed by atoms with Crippen LogP contribution in [-0.4, -0.2) is 4.98 Å². The number of hydrogen-bond acceptors (Lipinski definition) is 4. The maximum atomic E-state index is 5.59. The first-order valence-corrected chi connectivity index (χ1v) is 7.46. The summed E-state index contributed by atoms with van der Waals surface area (Å²) in [6, 6.07) is 10.4. The zero-order chi connectivity index (χ0) is 12.4. The van der Waals surface area contributed by atoms with Crippen LogP contribution in [0, 0.1) is 0 Å². The minimum atomic E-state index is 0.582. The number of benzene rings is 1. The van der Waals surface area contributed by atoms with Crippen molar-refractivity contribution in [2.24, 2.45) is 5.73 Å². The van der Waals surface area contributed by atoms with E-state index in [2.05, 4.69) is 51.5 Å². The van der Waals surface area contributed by atoms with Gasteiger partial charge in [0, 0.05) is 28.4 Å². The predicted molar refractivity (Wildman–Crippen MR) is 78.8 cm³/mol. The molecule has 0 spiro atoms. The highest BCUT2D eigenvalue weighted by Gasteiger charge is 2.06. The van der Waals surface area contributed by atoms with Crippen LogP contribution in [0.15, 0.2) is 46.5 Å². The molecular weight excluding hydrogens is 260 g/mol. The molecule has 0 saturated carbocycles. The Bertz CT molecular complexity index is 624. The van der Waals surface area contributed by atoms with Crippen LogP contribution in [0.4, 0.5) is 0 Å². The van der Waals surface area contributed by atoms with Crippen molar-refractivity contribution in [2.45, 2.75) is 6.54 Å². The lowest BCUT2D eigenvalue weighted by atomic mass is 10.1. The van der Waals surface area contributed by atoms with Crippen molar-refractivity contribution in [3.05, 3.63) is 52.0 Å². The standard InChI is InChI=1S/C14H12N2S2/c15-7-10-1-3-11(4-2-10)14-16-13(9-18-14)12-5-6-17-8-12/h1-6,8-9H,7,15H2. The topological polar surface area (TPSA) is 38.9 Å². The maximum absolute atomic E-state index is 5.59. The summed E-state index contributed by atoms with van der Waals surface area (Å²) < 4.78 is 0. The van der Waals surface area contributed by atoms with E-state index in [1.807, 2.05) is 0 Å². The first-order chi connectivity index (χ1) is 8.86. The van der Waals surface area contributed by atoms with E-state index in [0.29, 0.717) is 6.54 Å². The van der Waals surface area contributed by atoms with Crippen LogP contribution >= 0.6 is 22.7 Å². The molecule has 3 rings (SSSR count). The van der Waals surface area contributed by atoms with E-state index in [9.17, 15) is 0 Å². The summed E-state index contributed by atoms with van der Waals surface area (Å²) in [7, 11) is 0. The van der Waals surface area contributed by atoms with Crippen LogP contribution in [0.25, 0.3) is 21.8 Å². The smallest absolute Gasteiger partial charge is 0.124 e. The van der Waals surface area contributed by atoms with E-state index in [1.54, 1.807) is 22.7 Å². The predicted octanol–water partition coefficient (Wildman–Crippen LogP) is 4.00. The minimum Gasteiger partial charge on any atom is -0.326 e. The van der Waals surface area contributed by atoms with Gasteiger partial charge in [-0.2, -0.15) is 11.3 Å². The molecule has 0 fully saturated rings. The van der Waals surface area contributed by atoms with Gasteiger partial charge in [0.25, 0.3) is 0 Å². The van der Waals surface area contributed by atoms with Gasteiger partial charge in [0.05, 0.1) is 5.69 Å². The summed E-state index contributed by atoms with van der Waals surface area (Å²) in [6.45, 7) is 0.582. The maximum Gasteiger partial charge on any atom is 0.124 e. The fourth-order valence-electron chi connectivity index (χ4n) is 1.73. The molecule has 2 aromatic heterocycles. The third kappa shape index (κ3) is 2.22. The Morgan fingerprint density at radius 1 is 1.00 bits per heavy atom. The Labute approximate surface area is 114 Å². The summed E-state index contributed by atoms with van der Waals surface area (Å²) in [5, 5.41) is 7.36. The van der Waals surface area contributed by atoms with Crippen molar-refractivity contribution in [2.75, 3.05) is 0 Å². The molecule has 0 atom stereocenters. The average molecular weight is 272 g/mol. The Balaban J connectivity index is 1.92. The molecule has 2 N–H and O–H groups in total. The average Bonchev–Trinajstić information content (AvgIpc) is 3.09. The lowest BCUT2D eigenvalue weighted by molar-refractivity contribution is 1.07. The van der Waals surface area contributed by atoms with Gasteiger partial charge in [0.2, 0.25) is 0 Å². The van der Waals surface area contributed by atoms with Crippen molar-refractivity contribution in [3.63, 3.8) is 0 Å². The molecule has 0 radical (unpaired) electrons. The lowest BCUT2D eigenvalue weighted by Gasteiger charge is -1.98. The van der Waals surface area contributed by atoms with Gasteiger partial charge in [-0.1, -0.05) is 24.3 Å². The van der Waals surface area contributed by atoms with E-state index >= 15 is 0 Å². The van der Waals surface area contributed by atoms with Gasteiger partial charge < -0.3 is 5.73 Å². The molecule has 90 valence electrons. The van der Waals surface area contributed by atoms with Crippen molar-refractivity contribution >= 4 is 22.7 Å². The number of hydrogen-bond donors (Lipinski definition) is 1. The van der Waals surface area contributed by atoms with Gasteiger partial charge in [-0.15, -0.1) is 11.3 Å². The third-order valence-corrected chi connectivity index (χ3v) is 4.33. The summed E-state index contributed by atoms with van der Waals surface area (Å²) in [4.78, 5) is 4.67. The molecule has 0 bridgehead atoms. The lowest BCUT2D eigenvalue weighted by Crippen LogP contribution is -1.95. The fourth-order valence-corrected chi connectivity index (χ4v) is 3.22. The van der Waals surface area contributed by atoms with Crippen molar-refractivity contribution < 1.29 is 0 Å². The molecule has 0 aliphatic rings. The molecule has 0 unspecified atom stereocenters. The molecule has 3 aromatic rings. The van der Waals surface area contributed by atoms with E-state index < -0.39 is 0 Å². The largest absolute Gasteiger partial charge is 0.326 e. The number of thiophene rings is 1. The summed E-state index contributed by atoms with van der Waals surface area (Å²) in [5.41, 5.74) is 10.1. The molecule has 0 aliphatic carbocycles. The van der Waals surface area contributed by atoms with E-state index in [0.717, 1.165) is 21.8 Å². The van der Waals surface area contributed by atoms with Crippen LogP contribution in [0.5, 0.6) is 0 Å². The Morgan fingerprint density at radius 2 is 1.83 bits per heavy atom. The highest BCUT2D eigenvalue weighted by Crippen LogP contribution is 2.29. The van der Waals surface area contributed by atoms with Gasteiger partial charge in [-0.25, -0.2) is 4.98 Å². The van der Waals surface area contributed by atoms with Crippen LogP contribution in [0.2, 0.25) is 0 Å². The molecule has 18 heavy (non-hydrogen) atoms. The zero-order valence-electron chi connectivity index (χ0n) is 9.67. The molecule has 2 nitrogen and oxygen atoms in total. The number of nitrogens with two attached hydrogens (primary N) is 1. The molecule has 4 heteroatoms. The number of aromatic nitrogens is 1. The van der Waals surface area contributed by atoms with E-state index in [-0.39, 0.29) is 0 Å². The Kier molecular flexibility index (Phi) is 3.23. The van der Waals surface area contributed by atoms with E-state index in [1.165, 1.54) is 5.56 Å². The SMILES string of the molecule is NCc1ccc(-c2nc(-c3ccsc3)cs2)cc1. The van der Waals surface area contributed by atoms with Crippen LogP contribution in [0.1, 0.15) is 5.56 Å². The third-order valence-electron chi connectivity index (χ3n) is 2.76. The summed E-state index contributed by atoms with van der Waals surface area (Å²) in [6.07, 6.45) is 0. The Hall–Kier alpha value is -1.49. The van der Waals surface area contributed by atoms with Crippen molar-refractivity contribution in [1.29, 1.82) is 0 Å². The molecular formula is C14H12N2S2. The molecule has 0 saturated heterocycles. The molecule has 0 aliphatic heterocycles. The number of rotatable bonds is 3. The Morgan fingerprint density at radius 3 is 2.50 bits per heavy atom. The highest BCUT2D eigenvalue weighted by atomic mass is 32.1. The van der Waals surface area contributed by atoms with Gasteiger partial charge in [0.1, 0.15) is 5.01 Å². The second-order valence-corrected chi connectivity index (χ2v) is 5.59. The van der Waals surface area contributed by atoms with Gasteiger partial charge in [0.15, 0.2) is 0 Å². The summed E-state index contributed by atoms with van der Waals surface area (Å²) >= 11 is 3.37. The zero-order valence-corrected chi connectivity index (χ0v) is 11.3. The van der Waals surface area contributed by atoms with Crippen molar-refractivity contribution in [1.82, 2.24) is 4.98 Å². The molecule has 2 heterocycles. The van der Waals surface area contributed by atoms with Gasteiger partial charge in [-0.3, -0.25) is 0 Å². The normalized spacial score (nSPS) is 10.7. The fraction of sp³-hybridized carbons (Fsp3) is 0.0714. The highest BCUT2D eigenvalue weighted by molar-refractivity contribution is 7.13. The summed E-state index contributed by atoms with van der Waals surface area (Å²) in [5.74, 6) is 0. The van der Waals surface area contributed by atoms with Crippen LogP contribution in [-0.2, 0) is 6.54 Å². The first kappa shape index (κ1) is 11.6. The van der Waals surface area contributed by atoms with Crippen LogP contribution < -0.4 is 5.73 Å². The second kappa shape index (κ2) is 5.02. The van der Waals surface area contributed by atoms with Gasteiger partial charge in [-0.05, 0) is 17.0 Å². The van der Waals surface area contributed by atoms with Gasteiger partial charge >= 0.3 is 0 Å². The monoisotopic (exact) mass is 272 g/mol. The quantitative estimate of drug-likeness (QED) is 0.782. The number of thiazole rings is 1. The molecule has 1 aromatic carbocycles. The van der Waals surface area contributed by atoms with E-state index in [4.69, 9.17) is 5.73 Å².